The Balaban J connectivity index is 1.83. The largest absolute Gasteiger partial charge is 0.465 e. The molecule has 1 saturated carbocycles. The van der Waals surface area contributed by atoms with Gasteiger partial charge in [0.1, 0.15) is 21.9 Å². The Morgan fingerprint density at radius 2 is 2.08 bits per heavy atom. The number of ether oxygens (including phenoxy) is 1. The molecule has 2 aromatic rings. The van der Waals surface area contributed by atoms with Crippen LogP contribution in [0.25, 0.3) is 10.2 Å². The van der Waals surface area contributed by atoms with Gasteiger partial charge < -0.3 is 9.64 Å². The van der Waals surface area contributed by atoms with Crippen molar-refractivity contribution in [1.82, 2.24) is 9.97 Å². The van der Waals surface area contributed by atoms with Crippen LogP contribution in [-0.4, -0.2) is 35.6 Å². The van der Waals surface area contributed by atoms with E-state index in [0.29, 0.717) is 21.7 Å². The van der Waals surface area contributed by atoms with Crippen LogP contribution in [0.4, 0.5) is 5.82 Å². The summed E-state index contributed by atoms with van der Waals surface area (Å²) in [5, 5.41) is 1.02. The fraction of sp³-hybridized carbons (Fsp3) is 0.632. The van der Waals surface area contributed by atoms with E-state index in [-0.39, 0.29) is 5.97 Å². The zero-order valence-corrected chi connectivity index (χ0v) is 16.4. The van der Waals surface area contributed by atoms with E-state index in [1.54, 1.807) is 6.33 Å². The molecule has 2 atom stereocenters. The first-order valence-electron chi connectivity index (χ1n) is 8.82. The van der Waals surface area contributed by atoms with Crippen molar-refractivity contribution in [3.05, 3.63) is 16.8 Å². The van der Waals surface area contributed by atoms with Crippen LogP contribution in [0.1, 0.15) is 55.3 Å². The first-order valence-corrected chi connectivity index (χ1v) is 9.64. The third kappa shape index (κ3) is 2.62. The molecular formula is C19H25N3O2S. The Morgan fingerprint density at radius 1 is 1.32 bits per heavy atom. The normalized spacial score (nSPS) is 27.7. The van der Waals surface area contributed by atoms with Gasteiger partial charge in [-0.15, -0.1) is 11.3 Å². The van der Waals surface area contributed by atoms with Crippen LogP contribution >= 0.6 is 11.3 Å². The lowest BCUT2D eigenvalue weighted by molar-refractivity contribution is 0.0605. The van der Waals surface area contributed by atoms with Crippen molar-refractivity contribution in [3.8, 4) is 0 Å². The first-order chi connectivity index (χ1) is 11.7. The van der Waals surface area contributed by atoms with Gasteiger partial charge in [-0.05, 0) is 42.6 Å². The van der Waals surface area contributed by atoms with Crippen LogP contribution in [0.15, 0.2) is 6.33 Å². The third-order valence-corrected chi connectivity index (χ3v) is 6.94. The van der Waals surface area contributed by atoms with Gasteiger partial charge in [-0.3, -0.25) is 0 Å². The lowest BCUT2D eigenvalue weighted by atomic mass is 9.65. The molecule has 1 saturated heterocycles. The summed E-state index contributed by atoms with van der Waals surface area (Å²) >= 11 is 1.40. The Hall–Kier alpha value is -1.69. The monoisotopic (exact) mass is 359 g/mol. The zero-order chi connectivity index (χ0) is 18.0. The third-order valence-electron chi connectivity index (χ3n) is 5.76. The van der Waals surface area contributed by atoms with Gasteiger partial charge in [0.2, 0.25) is 0 Å². The maximum absolute atomic E-state index is 12.1. The molecule has 3 heterocycles. The molecule has 0 N–H and O–H groups in total. The number of aryl methyl sites for hydroxylation is 1. The number of aromatic nitrogens is 2. The van der Waals surface area contributed by atoms with Gasteiger partial charge >= 0.3 is 5.97 Å². The summed E-state index contributed by atoms with van der Waals surface area (Å²) in [6, 6.07) is 0.507. The average molecular weight is 359 g/mol. The Bertz CT molecular complexity index is 860. The quantitative estimate of drug-likeness (QED) is 0.753. The summed E-state index contributed by atoms with van der Waals surface area (Å²) < 4.78 is 4.93. The fourth-order valence-corrected chi connectivity index (χ4v) is 6.33. The second-order valence-corrected chi connectivity index (χ2v) is 9.77. The molecule has 0 radical (unpaired) electrons. The smallest absolute Gasteiger partial charge is 0.348 e. The summed E-state index contributed by atoms with van der Waals surface area (Å²) in [6.07, 6.45) is 5.28. The lowest BCUT2D eigenvalue weighted by Crippen LogP contribution is -2.35. The topological polar surface area (TPSA) is 55.3 Å². The van der Waals surface area contributed by atoms with Crippen LogP contribution in [0.2, 0.25) is 0 Å². The second-order valence-electron chi connectivity index (χ2n) is 8.77. The first kappa shape index (κ1) is 16.8. The number of nitrogens with zero attached hydrogens (tertiary/aromatic N) is 3. The molecule has 2 fully saturated rings. The van der Waals surface area contributed by atoms with Gasteiger partial charge in [0.25, 0.3) is 0 Å². The van der Waals surface area contributed by atoms with Crippen molar-refractivity contribution in [3.63, 3.8) is 0 Å². The van der Waals surface area contributed by atoms with Crippen molar-refractivity contribution >= 4 is 33.3 Å². The second kappa shape index (κ2) is 5.40. The Labute approximate surface area is 152 Å². The fourth-order valence-electron chi connectivity index (χ4n) is 5.27. The summed E-state index contributed by atoms with van der Waals surface area (Å²) in [5.41, 5.74) is 1.63. The van der Waals surface area contributed by atoms with Crippen LogP contribution in [0.3, 0.4) is 0 Å². The molecule has 2 bridgehead atoms. The predicted molar refractivity (Wildman–Crippen MR) is 100 cm³/mol. The van der Waals surface area contributed by atoms with Gasteiger partial charge in [0, 0.05) is 12.6 Å². The minimum absolute atomic E-state index is 0.292. The lowest BCUT2D eigenvalue weighted by Gasteiger charge is -2.39. The van der Waals surface area contributed by atoms with Gasteiger partial charge in [-0.1, -0.05) is 20.8 Å². The van der Waals surface area contributed by atoms with E-state index in [1.165, 1.54) is 37.7 Å². The highest BCUT2D eigenvalue weighted by atomic mass is 32.1. The van der Waals surface area contributed by atoms with Crippen LogP contribution in [0.5, 0.6) is 0 Å². The molecule has 0 aromatic carbocycles. The number of anilines is 1. The number of carbonyl (C=O) groups is 1. The highest BCUT2D eigenvalue weighted by Gasteiger charge is 2.50. The summed E-state index contributed by atoms with van der Waals surface area (Å²) in [4.78, 5) is 25.1. The van der Waals surface area contributed by atoms with Crippen molar-refractivity contribution in [2.75, 3.05) is 18.6 Å². The van der Waals surface area contributed by atoms with E-state index in [9.17, 15) is 4.79 Å². The maximum Gasteiger partial charge on any atom is 0.348 e. The van der Waals surface area contributed by atoms with Crippen molar-refractivity contribution in [1.29, 1.82) is 0 Å². The van der Waals surface area contributed by atoms with E-state index >= 15 is 0 Å². The molecular weight excluding hydrogens is 334 g/mol. The number of methoxy groups -OCH3 is 1. The maximum atomic E-state index is 12.1. The number of fused-ring (bicyclic) bond motifs is 3. The molecule has 2 unspecified atom stereocenters. The zero-order valence-electron chi connectivity index (χ0n) is 15.5. The van der Waals surface area contributed by atoms with E-state index < -0.39 is 0 Å². The average Bonchev–Trinajstić information content (AvgIpc) is 2.99. The van der Waals surface area contributed by atoms with Gasteiger partial charge in [-0.2, -0.15) is 0 Å². The summed E-state index contributed by atoms with van der Waals surface area (Å²) in [7, 11) is 1.42. The molecule has 2 aliphatic rings. The van der Waals surface area contributed by atoms with Gasteiger partial charge in [0.05, 0.1) is 12.5 Å². The van der Waals surface area contributed by atoms with Crippen molar-refractivity contribution < 1.29 is 9.53 Å². The molecule has 1 aliphatic carbocycles. The number of hydrogen-bond acceptors (Lipinski definition) is 6. The van der Waals surface area contributed by atoms with Gasteiger partial charge in [-0.25, -0.2) is 14.8 Å². The molecule has 25 heavy (non-hydrogen) atoms. The van der Waals surface area contributed by atoms with E-state index in [4.69, 9.17) is 4.74 Å². The molecule has 2 aromatic heterocycles. The summed E-state index contributed by atoms with van der Waals surface area (Å²) in [6.45, 7) is 10.2. The van der Waals surface area contributed by atoms with Crippen LogP contribution < -0.4 is 4.90 Å². The Kier molecular flexibility index (Phi) is 3.62. The molecule has 0 amide bonds. The number of rotatable bonds is 2. The highest BCUT2D eigenvalue weighted by molar-refractivity contribution is 7.20. The van der Waals surface area contributed by atoms with Crippen LogP contribution in [0, 0.1) is 17.8 Å². The van der Waals surface area contributed by atoms with E-state index in [1.807, 2.05) is 6.92 Å². The van der Waals surface area contributed by atoms with Gasteiger partial charge in [0.15, 0.2) is 0 Å². The van der Waals surface area contributed by atoms with E-state index in [2.05, 4.69) is 35.6 Å². The number of carbonyl (C=O) groups excluding carboxylic acids is 1. The SMILES string of the molecule is COC(=O)c1sc2ncnc(N3CC4(C)CC3CC(C)(C)C4)c2c1C. The summed E-state index contributed by atoms with van der Waals surface area (Å²) in [5.74, 6) is 0.694. The minimum Gasteiger partial charge on any atom is -0.465 e. The van der Waals surface area contributed by atoms with E-state index in [0.717, 1.165) is 28.1 Å². The number of thiophene rings is 1. The minimum atomic E-state index is -0.292. The molecule has 1 aliphatic heterocycles. The molecule has 5 nitrogen and oxygen atoms in total. The molecule has 0 spiro atoms. The predicted octanol–water partition coefficient (Wildman–Crippen LogP) is 4.19. The number of hydrogen-bond donors (Lipinski definition) is 0. The standard InChI is InChI=1S/C19H25N3O2S/c1-11-13-15(20-10-21-16(13)25-14(11)17(23)24-5)22-9-19(4)7-12(22)6-18(2,3)8-19/h10,12H,6-9H2,1-5H3. The molecule has 4 rings (SSSR count). The Morgan fingerprint density at radius 3 is 2.80 bits per heavy atom. The molecule has 134 valence electrons. The molecule has 6 heteroatoms. The number of esters is 1. The van der Waals surface area contributed by atoms with Crippen LogP contribution in [-0.2, 0) is 4.74 Å². The van der Waals surface area contributed by atoms with Crippen molar-refractivity contribution in [2.45, 2.75) is 53.0 Å². The highest BCUT2D eigenvalue weighted by Crippen LogP contribution is 2.54. The van der Waals surface area contributed by atoms with Crippen molar-refractivity contribution in [2.24, 2.45) is 10.8 Å².